The number of amides is 3. The maximum absolute atomic E-state index is 14.7. The fourth-order valence-corrected chi connectivity index (χ4v) is 5.39. The maximum atomic E-state index is 14.7. The van der Waals surface area contributed by atoms with Gasteiger partial charge in [0.25, 0.3) is 5.84 Å². The second-order valence-corrected chi connectivity index (χ2v) is 14.1. The molecule has 3 aromatic carbocycles. The number of rotatable bonds is 11. The monoisotopic (exact) mass is 668 g/mol. The van der Waals surface area contributed by atoms with Crippen molar-refractivity contribution < 1.29 is 33.1 Å². The molecule has 0 aromatic heterocycles. The van der Waals surface area contributed by atoms with Crippen LogP contribution in [0.5, 0.6) is 0 Å². The Morgan fingerprint density at radius 3 is 1.88 bits per heavy atom. The zero-order valence-electron chi connectivity index (χ0n) is 29.8. The molecule has 0 radical (unpaired) electrons. The number of amidine groups is 1. The molecule has 9 nitrogen and oxygen atoms in total. The van der Waals surface area contributed by atoms with Crippen LogP contribution in [0, 0.1) is 0 Å². The van der Waals surface area contributed by atoms with Crippen LogP contribution in [0.2, 0.25) is 0 Å². The fraction of sp³-hybridized carbons (Fsp3) is 0.400. The van der Waals surface area contributed by atoms with Crippen molar-refractivity contribution in [1.82, 2.24) is 0 Å². The lowest BCUT2D eigenvalue weighted by molar-refractivity contribution is -0.748. The van der Waals surface area contributed by atoms with Crippen LogP contribution in [0.25, 0.3) is 0 Å². The number of imide groups is 1. The molecule has 0 bridgehead atoms. The largest absolute Gasteiger partial charge is 0.536 e. The molecule has 1 heterocycles. The van der Waals surface area contributed by atoms with Gasteiger partial charge in [-0.1, -0.05) is 73.7 Å². The smallest absolute Gasteiger partial charge is 0.413 e. The van der Waals surface area contributed by atoms with Gasteiger partial charge in [0.2, 0.25) is 12.1 Å². The van der Waals surface area contributed by atoms with E-state index in [9.17, 15) is 14.4 Å². The molecule has 1 aliphatic rings. The third-order valence-corrected chi connectivity index (χ3v) is 7.65. The number of hydrogen-bond donors (Lipinski definition) is 1. The van der Waals surface area contributed by atoms with E-state index in [0.29, 0.717) is 29.8 Å². The Hall–Kier alpha value is -4.60. The molecule has 4 rings (SSSR count). The summed E-state index contributed by atoms with van der Waals surface area (Å²) < 4.78 is 17.5. The maximum Gasteiger partial charge on any atom is 0.536 e. The normalized spacial score (nSPS) is 15.9. The van der Waals surface area contributed by atoms with Crippen LogP contribution >= 0.6 is 0 Å². The van der Waals surface area contributed by atoms with Gasteiger partial charge >= 0.3 is 12.2 Å². The first-order valence-electron chi connectivity index (χ1n) is 17.0. The van der Waals surface area contributed by atoms with Crippen LogP contribution < -0.4 is 5.32 Å². The van der Waals surface area contributed by atoms with Crippen LogP contribution in [-0.2, 0) is 31.8 Å². The van der Waals surface area contributed by atoms with Crippen molar-refractivity contribution in [2.24, 2.45) is 4.99 Å². The molecule has 9 heteroatoms. The first kappa shape index (κ1) is 37.2. The second kappa shape index (κ2) is 16.2. The second-order valence-electron chi connectivity index (χ2n) is 14.1. The van der Waals surface area contributed by atoms with Crippen LogP contribution in [0.1, 0.15) is 84.4 Å². The molecular formula is C40H50N3O6+. The van der Waals surface area contributed by atoms with E-state index < -0.39 is 34.1 Å². The Bertz CT molecular complexity index is 1620. The summed E-state index contributed by atoms with van der Waals surface area (Å²) in [6, 6.07) is 27.0. The van der Waals surface area contributed by atoms with Gasteiger partial charge in [0.15, 0.2) is 0 Å². The van der Waals surface area contributed by atoms with E-state index in [2.05, 4.69) is 17.4 Å². The van der Waals surface area contributed by atoms with E-state index in [-0.39, 0.29) is 24.8 Å². The third-order valence-electron chi connectivity index (χ3n) is 7.65. The van der Waals surface area contributed by atoms with E-state index in [0.717, 1.165) is 18.4 Å². The molecule has 49 heavy (non-hydrogen) atoms. The van der Waals surface area contributed by atoms with Gasteiger partial charge in [-0.3, -0.25) is 4.79 Å². The minimum atomic E-state index is -1.17. The number of allylic oxidation sites excluding steroid dienone is 1. The van der Waals surface area contributed by atoms with Gasteiger partial charge in [0.05, 0.1) is 17.9 Å². The van der Waals surface area contributed by atoms with Gasteiger partial charge in [-0.15, -0.1) is 0 Å². The highest BCUT2D eigenvalue weighted by atomic mass is 16.6. The number of anilines is 1. The highest BCUT2D eigenvalue weighted by Crippen LogP contribution is 2.36. The van der Waals surface area contributed by atoms with Crippen LogP contribution in [-0.4, -0.2) is 52.4 Å². The first-order chi connectivity index (χ1) is 23.2. The topological polar surface area (TPSA) is 103 Å². The van der Waals surface area contributed by atoms with Crippen molar-refractivity contribution in [1.29, 1.82) is 0 Å². The summed E-state index contributed by atoms with van der Waals surface area (Å²) in [7, 11) is 0. The summed E-state index contributed by atoms with van der Waals surface area (Å²) in [4.78, 5) is 46.8. The number of aliphatic imine (C=N–C) groups is 1. The number of nitrogens with one attached hydrogen (secondary N) is 1. The first-order valence-corrected chi connectivity index (χ1v) is 17.0. The van der Waals surface area contributed by atoms with Gasteiger partial charge in [0, 0.05) is 18.2 Å². The lowest BCUT2D eigenvalue weighted by atomic mass is 10.0. The van der Waals surface area contributed by atoms with Gasteiger partial charge in [-0.25, -0.2) is 0 Å². The SMILES string of the molecule is CCC(=O)Nc1cccc(C2=NC(CCCc3ccccc3)=CC(OCCc3ccccc3)[N+]2(C(=O)OC(C)(C)C)C(=O)OC(C)(C)C)c1. The number of hydrogen-bond acceptors (Lipinski definition) is 7. The van der Waals surface area contributed by atoms with E-state index in [1.807, 2.05) is 48.5 Å². The van der Waals surface area contributed by atoms with Crippen molar-refractivity contribution >= 4 is 29.6 Å². The Labute approximate surface area is 290 Å². The number of carbonyl (C=O) groups excluding carboxylic acids is 3. The van der Waals surface area contributed by atoms with E-state index in [4.69, 9.17) is 19.2 Å². The highest BCUT2D eigenvalue weighted by Gasteiger charge is 2.63. The summed E-state index contributed by atoms with van der Waals surface area (Å²) >= 11 is 0. The molecule has 0 spiro atoms. The molecular weight excluding hydrogens is 618 g/mol. The average Bonchev–Trinajstić information content (AvgIpc) is 3.04. The van der Waals surface area contributed by atoms with Gasteiger partial charge in [-0.05, 0) is 101 Å². The molecule has 1 unspecified atom stereocenters. The number of ether oxygens (including phenoxy) is 3. The summed E-state index contributed by atoms with van der Waals surface area (Å²) in [5.74, 6) is -0.0793. The van der Waals surface area contributed by atoms with Crippen LogP contribution in [0.3, 0.4) is 0 Å². The molecule has 1 N–H and O–H groups in total. The Kier molecular flexibility index (Phi) is 12.3. The third kappa shape index (κ3) is 10.2. The summed E-state index contributed by atoms with van der Waals surface area (Å²) in [5, 5.41) is 2.88. The molecule has 260 valence electrons. The summed E-state index contributed by atoms with van der Waals surface area (Å²) in [6.07, 6.45) is 1.81. The zero-order chi connectivity index (χ0) is 35.7. The molecule has 3 amide bonds. The molecule has 0 fully saturated rings. The van der Waals surface area contributed by atoms with Crippen molar-refractivity contribution in [2.45, 2.75) is 98.0 Å². The standard InChI is InChI=1S/C40H49N3O6/c1-8-34(44)41-32-24-16-22-31(27-32)36-42-33(23-15-21-29-17-11-9-12-18-29)28-35(47-26-25-30-19-13-10-14-20-30)43(36,37(45)48-39(2,3)4)38(46)49-40(5,6)7/h9-14,16-20,22,24,27-28,35H,8,15,21,23,25-26H2,1-7H3/p+1. The lowest BCUT2D eigenvalue weighted by Crippen LogP contribution is -2.69. The van der Waals surface area contributed by atoms with Crippen LogP contribution in [0.4, 0.5) is 15.3 Å². The number of benzene rings is 3. The van der Waals surface area contributed by atoms with Crippen molar-refractivity contribution in [3.05, 3.63) is 113 Å². The van der Waals surface area contributed by atoms with Crippen molar-refractivity contribution in [3.8, 4) is 0 Å². The minimum Gasteiger partial charge on any atom is -0.413 e. The molecule has 1 atom stereocenters. The molecule has 0 saturated heterocycles. The van der Waals surface area contributed by atoms with Gasteiger partial charge < -0.3 is 19.5 Å². The van der Waals surface area contributed by atoms with Crippen molar-refractivity contribution in [2.75, 3.05) is 11.9 Å². The van der Waals surface area contributed by atoms with E-state index in [1.165, 1.54) is 5.56 Å². The Balaban J connectivity index is 1.89. The Morgan fingerprint density at radius 1 is 0.755 bits per heavy atom. The zero-order valence-corrected chi connectivity index (χ0v) is 29.8. The highest BCUT2D eigenvalue weighted by molar-refractivity contribution is 6.07. The number of quaternary nitrogens is 1. The minimum absolute atomic E-state index is 0.0954. The number of nitrogens with zero attached hydrogens (tertiary/aromatic N) is 2. The molecule has 1 aliphatic heterocycles. The Morgan fingerprint density at radius 2 is 1.33 bits per heavy atom. The molecule has 0 aliphatic carbocycles. The van der Waals surface area contributed by atoms with E-state index in [1.54, 1.807) is 78.8 Å². The quantitative estimate of drug-likeness (QED) is 0.205. The summed E-state index contributed by atoms with van der Waals surface area (Å²) in [5.41, 5.74) is 1.94. The predicted octanol–water partition coefficient (Wildman–Crippen LogP) is 8.97. The van der Waals surface area contributed by atoms with Gasteiger partial charge in [-0.2, -0.15) is 14.6 Å². The lowest BCUT2D eigenvalue weighted by Gasteiger charge is -2.40. The predicted molar refractivity (Wildman–Crippen MR) is 192 cm³/mol. The van der Waals surface area contributed by atoms with Gasteiger partial charge in [0.1, 0.15) is 11.2 Å². The number of aryl methyl sites for hydroxylation is 1. The van der Waals surface area contributed by atoms with Crippen molar-refractivity contribution in [3.63, 3.8) is 0 Å². The average molecular weight is 669 g/mol. The molecule has 3 aromatic rings. The fourth-order valence-electron chi connectivity index (χ4n) is 5.39. The van der Waals surface area contributed by atoms with Crippen LogP contribution in [0.15, 0.2) is 102 Å². The molecule has 0 saturated carbocycles. The number of carbonyl (C=O) groups is 3. The van der Waals surface area contributed by atoms with E-state index >= 15 is 0 Å². The summed E-state index contributed by atoms with van der Waals surface area (Å²) in [6.45, 7) is 12.4.